The first-order valence-corrected chi connectivity index (χ1v) is 5.76. The highest BCUT2D eigenvalue weighted by molar-refractivity contribution is 5.80. The third-order valence-corrected chi connectivity index (χ3v) is 2.46. The van der Waals surface area contributed by atoms with Crippen molar-refractivity contribution in [3.63, 3.8) is 0 Å². The maximum Gasteiger partial charge on any atom is 0.416 e. The van der Waals surface area contributed by atoms with Crippen LogP contribution < -0.4 is 11.5 Å². The third kappa shape index (κ3) is 3.85. The highest BCUT2D eigenvalue weighted by Crippen LogP contribution is 2.32. The first-order chi connectivity index (χ1) is 9.86. The lowest BCUT2D eigenvalue weighted by Crippen LogP contribution is -2.21. The predicted octanol–water partition coefficient (Wildman–Crippen LogP) is 2.57. The van der Waals surface area contributed by atoms with Crippen LogP contribution in [0.25, 0.3) is 11.3 Å². The van der Waals surface area contributed by atoms with Gasteiger partial charge in [-0.2, -0.15) is 18.3 Å². The summed E-state index contributed by atoms with van der Waals surface area (Å²) in [5, 5.41) is 6.93. The Kier molecular flexibility index (Phi) is 3.97. The van der Waals surface area contributed by atoms with Crippen LogP contribution in [0.5, 0.6) is 0 Å². The van der Waals surface area contributed by atoms with Gasteiger partial charge in [-0.3, -0.25) is 0 Å². The van der Waals surface area contributed by atoms with Crippen LogP contribution in [-0.2, 0) is 6.18 Å². The van der Waals surface area contributed by atoms with E-state index in [2.05, 4.69) is 10.2 Å². The van der Waals surface area contributed by atoms with Crippen LogP contribution in [0, 0.1) is 0 Å². The minimum Gasteiger partial charge on any atom is -0.455 e. The zero-order chi connectivity index (χ0) is 15.5. The molecule has 1 aromatic heterocycles. The zero-order valence-corrected chi connectivity index (χ0v) is 10.6. The highest BCUT2D eigenvalue weighted by Gasteiger charge is 2.30. The van der Waals surface area contributed by atoms with E-state index in [4.69, 9.17) is 15.9 Å². The number of benzene rings is 1. The van der Waals surface area contributed by atoms with Crippen molar-refractivity contribution in [1.29, 1.82) is 0 Å². The van der Waals surface area contributed by atoms with Crippen molar-refractivity contribution in [2.75, 3.05) is 0 Å². The quantitative estimate of drug-likeness (QED) is 0.518. The van der Waals surface area contributed by atoms with Crippen molar-refractivity contribution < 1.29 is 17.6 Å². The van der Waals surface area contributed by atoms with E-state index in [1.165, 1.54) is 24.4 Å². The maximum absolute atomic E-state index is 12.6. The first kappa shape index (κ1) is 14.6. The average molecular weight is 296 g/mol. The van der Waals surface area contributed by atoms with E-state index < -0.39 is 11.7 Å². The Labute approximate surface area is 117 Å². The minimum absolute atomic E-state index is 0.212. The van der Waals surface area contributed by atoms with E-state index in [1.54, 1.807) is 6.07 Å². The molecule has 0 atom stereocenters. The molecular weight excluding hydrogens is 285 g/mol. The van der Waals surface area contributed by atoms with Crippen molar-refractivity contribution in [1.82, 2.24) is 0 Å². The summed E-state index contributed by atoms with van der Waals surface area (Å²) in [4.78, 5) is 0. The molecule has 1 heterocycles. The summed E-state index contributed by atoms with van der Waals surface area (Å²) in [6.07, 6.45) is -3.16. The van der Waals surface area contributed by atoms with Gasteiger partial charge in [0, 0.05) is 5.56 Å². The molecule has 0 radical (unpaired) electrons. The van der Waals surface area contributed by atoms with Gasteiger partial charge in [0.25, 0.3) is 0 Å². The fourth-order valence-electron chi connectivity index (χ4n) is 1.58. The Bertz CT molecular complexity index is 685. The number of guanidine groups is 1. The molecule has 0 aliphatic heterocycles. The minimum atomic E-state index is -4.40. The number of hydrogen-bond donors (Lipinski definition) is 2. The van der Waals surface area contributed by atoms with Crippen molar-refractivity contribution in [3.8, 4) is 11.3 Å². The molecule has 0 aliphatic rings. The molecule has 0 amide bonds. The van der Waals surface area contributed by atoms with Crippen LogP contribution in [0.4, 0.5) is 13.2 Å². The number of halogens is 3. The normalized spacial score (nSPS) is 11.8. The Hall–Kier alpha value is -2.77. The van der Waals surface area contributed by atoms with E-state index >= 15 is 0 Å². The molecule has 0 saturated heterocycles. The molecule has 0 bridgehead atoms. The summed E-state index contributed by atoms with van der Waals surface area (Å²) >= 11 is 0. The smallest absolute Gasteiger partial charge is 0.416 e. The molecule has 110 valence electrons. The second-order valence-electron chi connectivity index (χ2n) is 4.05. The van der Waals surface area contributed by atoms with E-state index in [-0.39, 0.29) is 11.7 Å². The standard InChI is InChI=1S/C13H11F3N4O/c14-13(15,16)9-3-1-2-8(6-9)11-5-4-10(21-11)7-19-20-12(17)18/h1-7H,(H4,17,18,20)/b19-7-. The molecule has 0 saturated carbocycles. The topological polar surface area (TPSA) is 89.9 Å². The van der Waals surface area contributed by atoms with Crippen molar-refractivity contribution in [2.45, 2.75) is 6.18 Å². The average Bonchev–Trinajstić information content (AvgIpc) is 2.86. The number of nitrogens with two attached hydrogens (primary N) is 2. The SMILES string of the molecule is NC(N)=N/N=C\c1ccc(-c2cccc(C(F)(F)F)c2)o1. The van der Waals surface area contributed by atoms with E-state index in [0.29, 0.717) is 11.3 Å². The monoisotopic (exact) mass is 296 g/mol. The Morgan fingerprint density at radius 1 is 1.14 bits per heavy atom. The van der Waals surface area contributed by atoms with Gasteiger partial charge in [-0.15, -0.1) is 5.10 Å². The summed E-state index contributed by atoms with van der Waals surface area (Å²) < 4.78 is 43.3. The van der Waals surface area contributed by atoms with Crippen molar-refractivity contribution >= 4 is 12.2 Å². The van der Waals surface area contributed by atoms with Crippen LogP contribution in [0.1, 0.15) is 11.3 Å². The van der Waals surface area contributed by atoms with Gasteiger partial charge in [-0.1, -0.05) is 12.1 Å². The van der Waals surface area contributed by atoms with Gasteiger partial charge in [-0.05, 0) is 24.3 Å². The van der Waals surface area contributed by atoms with Crippen molar-refractivity contribution in [2.24, 2.45) is 21.7 Å². The van der Waals surface area contributed by atoms with Crippen LogP contribution in [0.2, 0.25) is 0 Å². The molecule has 2 rings (SSSR count). The predicted molar refractivity (Wildman–Crippen MR) is 72.5 cm³/mol. The fraction of sp³-hybridized carbons (Fsp3) is 0.0769. The van der Waals surface area contributed by atoms with E-state index in [9.17, 15) is 13.2 Å². The number of alkyl halides is 3. The molecular formula is C13H11F3N4O. The van der Waals surface area contributed by atoms with Gasteiger partial charge in [0.15, 0.2) is 0 Å². The number of rotatable bonds is 3. The molecule has 5 nitrogen and oxygen atoms in total. The highest BCUT2D eigenvalue weighted by atomic mass is 19.4. The summed E-state index contributed by atoms with van der Waals surface area (Å²) in [5.41, 5.74) is 9.74. The zero-order valence-electron chi connectivity index (χ0n) is 10.6. The summed E-state index contributed by atoms with van der Waals surface area (Å²) in [7, 11) is 0. The lowest BCUT2D eigenvalue weighted by atomic mass is 10.1. The lowest BCUT2D eigenvalue weighted by molar-refractivity contribution is -0.137. The third-order valence-electron chi connectivity index (χ3n) is 2.46. The van der Waals surface area contributed by atoms with Gasteiger partial charge in [-0.25, -0.2) is 0 Å². The lowest BCUT2D eigenvalue weighted by Gasteiger charge is -2.07. The molecule has 0 unspecified atom stereocenters. The van der Waals surface area contributed by atoms with E-state index in [0.717, 1.165) is 12.1 Å². The molecule has 0 fully saturated rings. The van der Waals surface area contributed by atoms with Gasteiger partial charge in [0.2, 0.25) is 5.96 Å². The van der Waals surface area contributed by atoms with Crippen molar-refractivity contribution in [3.05, 3.63) is 47.7 Å². The molecule has 8 heteroatoms. The Morgan fingerprint density at radius 3 is 2.57 bits per heavy atom. The molecule has 2 aromatic rings. The summed E-state index contributed by atoms with van der Waals surface area (Å²) in [6, 6.07) is 7.91. The Balaban J connectivity index is 2.26. The van der Waals surface area contributed by atoms with Gasteiger partial charge in [0.1, 0.15) is 11.5 Å². The number of nitrogens with zero attached hydrogens (tertiary/aromatic N) is 2. The molecule has 21 heavy (non-hydrogen) atoms. The summed E-state index contributed by atoms with van der Waals surface area (Å²) in [5.74, 6) is 0.385. The molecule has 0 aliphatic carbocycles. The van der Waals surface area contributed by atoms with Crippen LogP contribution in [-0.4, -0.2) is 12.2 Å². The maximum atomic E-state index is 12.6. The van der Waals surface area contributed by atoms with E-state index in [1.807, 2.05) is 0 Å². The largest absolute Gasteiger partial charge is 0.455 e. The van der Waals surface area contributed by atoms with Gasteiger partial charge in [0.05, 0.1) is 11.8 Å². The first-order valence-electron chi connectivity index (χ1n) is 5.76. The van der Waals surface area contributed by atoms with Crippen LogP contribution >= 0.6 is 0 Å². The summed E-state index contributed by atoms with van der Waals surface area (Å²) in [6.45, 7) is 0. The molecule has 0 spiro atoms. The fourth-order valence-corrected chi connectivity index (χ4v) is 1.58. The molecule has 1 aromatic carbocycles. The Morgan fingerprint density at radius 2 is 1.90 bits per heavy atom. The number of furan rings is 1. The van der Waals surface area contributed by atoms with Gasteiger partial charge < -0.3 is 15.9 Å². The molecule has 4 N–H and O–H groups in total. The van der Waals surface area contributed by atoms with Crippen LogP contribution in [0.3, 0.4) is 0 Å². The van der Waals surface area contributed by atoms with Gasteiger partial charge >= 0.3 is 6.18 Å². The second-order valence-corrected chi connectivity index (χ2v) is 4.05. The number of hydrogen-bond acceptors (Lipinski definition) is 3. The second kappa shape index (κ2) is 5.70. The van der Waals surface area contributed by atoms with Crippen LogP contribution in [0.15, 0.2) is 51.0 Å².